The van der Waals surface area contributed by atoms with Gasteiger partial charge < -0.3 is 9.84 Å². The molecule has 3 aromatic rings. The van der Waals surface area contributed by atoms with Gasteiger partial charge in [-0.15, -0.1) is 11.3 Å². The Kier molecular flexibility index (Phi) is 6.34. The molecule has 0 atom stereocenters. The first-order chi connectivity index (χ1) is 13.4. The number of nitro groups is 1. The average molecular weight is 438 g/mol. The van der Waals surface area contributed by atoms with Gasteiger partial charge in [0.2, 0.25) is 0 Å². The number of anilines is 1. The Bertz CT molecular complexity index is 1010. The highest BCUT2D eigenvalue weighted by molar-refractivity contribution is 7.99. The van der Waals surface area contributed by atoms with E-state index in [2.05, 4.69) is 10.3 Å². The van der Waals surface area contributed by atoms with Crippen LogP contribution in [-0.2, 0) is 6.61 Å². The number of nitrogens with zero attached hydrogens (tertiary/aromatic N) is 2. The summed E-state index contributed by atoms with van der Waals surface area (Å²) in [7, 11) is 0. The third kappa shape index (κ3) is 5.35. The number of hydrogen-bond acceptors (Lipinski definition) is 7. The van der Waals surface area contributed by atoms with E-state index in [1.807, 2.05) is 0 Å². The highest BCUT2D eigenvalue weighted by Gasteiger charge is 2.17. The summed E-state index contributed by atoms with van der Waals surface area (Å²) in [5.74, 6) is 0.363. The van der Waals surface area contributed by atoms with Crippen LogP contribution in [0.3, 0.4) is 0 Å². The molecule has 0 radical (unpaired) electrons. The number of rotatable bonds is 7. The fraction of sp³-hybridized carbons (Fsp3) is 0.0588. The van der Waals surface area contributed by atoms with Crippen molar-refractivity contribution in [3.05, 3.63) is 68.1 Å². The molecule has 2 aromatic carbocycles. The van der Waals surface area contributed by atoms with E-state index in [1.165, 1.54) is 29.2 Å². The summed E-state index contributed by atoms with van der Waals surface area (Å²) in [4.78, 5) is 27.5. The Morgan fingerprint density at radius 1 is 1.32 bits per heavy atom. The van der Waals surface area contributed by atoms with Crippen molar-refractivity contribution in [2.75, 3.05) is 5.32 Å². The molecule has 28 heavy (non-hydrogen) atoms. The van der Waals surface area contributed by atoms with E-state index >= 15 is 0 Å². The molecule has 11 heteroatoms. The van der Waals surface area contributed by atoms with Crippen LogP contribution in [0.15, 0.2) is 58.5 Å². The molecule has 0 aliphatic rings. The summed E-state index contributed by atoms with van der Waals surface area (Å²) in [5, 5.41) is 22.4. The number of carboxylic acid groups (broad SMARTS) is 1. The average Bonchev–Trinajstić information content (AvgIpc) is 3.07. The van der Waals surface area contributed by atoms with Gasteiger partial charge in [0.25, 0.3) is 5.69 Å². The van der Waals surface area contributed by atoms with Gasteiger partial charge in [-0.05, 0) is 36.4 Å². The van der Waals surface area contributed by atoms with Gasteiger partial charge in [-0.25, -0.2) is 9.78 Å². The van der Waals surface area contributed by atoms with Crippen molar-refractivity contribution in [3.8, 4) is 5.75 Å². The minimum atomic E-state index is -1.16. The number of halogens is 1. The maximum absolute atomic E-state index is 11.5. The molecule has 0 aliphatic heterocycles. The number of benzene rings is 2. The Balaban J connectivity index is 1.73. The summed E-state index contributed by atoms with van der Waals surface area (Å²) < 4.78 is 5.99. The van der Waals surface area contributed by atoms with E-state index < -0.39 is 11.0 Å². The van der Waals surface area contributed by atoms with Gasteiger partial charge in [-0.3, -0.25) is 15.4 Å². The van der Waals surface area contributed by atoms with Crippen LogP contribution in [0.5, 0.6) is 5.75 Å². The zero-order chi connectivity index (χ0) is 20.1. The van der Waals surface area contributed by atoms with Crippen molar-refractivity contribution < 1.29 is 19.6 Å². The second-order valence-corrected chi connectivity index (χ2v) is 8.12. The third-order valence-electron chi connectivity index (χ3n) is 3.37. The lowest BCUT2D eigenvalue weighted by molar-refractivity contribution is -0.387. The first kappa shape index (κ1) is 19.9. The van der Waals surface area contributed by atoms with Crippen molar-refractivity contribution >= 4 is 52.2 Å². The number of thiazole rings is 1. The molecule has 2 N–H and O–H groups in total. The van der Waals surface area contributed by atoms with E-state index in [0.29, 0.717) is 20.8 Å². The van der Waals surface area contributed by atoms with Gasteiger partial charge in [0.15, 0.2) is 4.47 Å². The Hall–Kier alpha value is -2.82. The molecule has 144 valence electrons. The van der Waals surface area contributed by atoms with Crippen molar-refractivity contribution in [3.63, 3.8) is 0 Å². The van der Waals surface area contributed by atoms with Gasteiger partial charge in [0, 0.05) is 16.8 Å². The number of nitrogens with one attached hydrogen (secondary N) is 1. The number of hydrogen-bond donors (Lipinski definition) is 2. The highest BCUT2D eigenvalue weighted by Crippen LogP contribution is 2.37. The largest absolute Gasteiger partial charge is 0.488 e. The Morgan fingerprint density at radius 2 is 2.07 bits per heavy atom. The van der Waals surface area contributed by atoms with Crippen molar-refractivity contribution in [2.45, 2.75) is 16.4 Å². The lowest BCUT2D eigenvalue weighted by Crippen LogP contribution is -2.06. The van der Waals surface area contributed by atoms with Crippen LogP contribution in [-0.4, -0.2) is 21.1 Å². The normalized spacial score (nSPS) is 10.5. The van der Waals surface area contributed by atoms with E-state index in [0.717, 1.165) is 9.77 Å². The lowest BCUT2D eigenvalue weighted by atomic mass is 10.3. The van der Waals surface area contributed by atoms with Crippen molar-refractivity contribution in [2.24, 2.45) is 0 Å². The molecule has 1 aromatic heterocycles. The molecule has 8 nitrogen and oxygen atoms in total. The highest BCUT2D eigenvalue weighted by atomic mass is 35.5. The number of ether oxygens (including phenoxy) is 1. The Labute approximate surface area is 172 Å². The van der Waals surface area contributed by atoms with Crippen molar-refractivity contribution in [1.29, 1.82) is 0 Å². The number of carbonyl (C=O) groups is 1. The molecule has 0 aliphatic carbocycles. The predicted octanol–water partition coefficient (Wildman–Crippen LogP) is 5.52. The smallest absolute Gasteiger partial charge is 0.409 e. The first-order valence-corrected chi connectivity index (χ1v) is 9.71. The molecule has 1 amide bonds. The van der Waals surface area contributed by atoms with E-state index in [-0.39, 0.29) is 12.3 Å². The van der Waals surface area contributed by atoms with Crippen LogP contribution in [0.1, 0.15) is 4.88 Å². The van der Waals surface area contributed by atoms with Gasteiger partial charge >= 0.3 is 6.09 Å². The van der Waals surface area contributed by atoms with Crippen LogP contribution >= 0.6 is 34.7 Å². The van der Waals surface area contributed by atoms with Gasteiger partial charge in [-0.2, -0.15) is 0 Å². The minimum Gasteiger partial charge on any atom is -0.488 e. The fourth-order valence-corrected chi connectivity index (χ4v) is 3.97. The van der Waals surface area contributed by atoms with E-state index in [4.69, 9.17) is 21.4 Å². The first-order valence-electron chi connectivity index (χ1n) is 7.70. The number of amides is 1. The molecule has 1 heterocycles. The quantitative estimate of drug-likeness (QED) is 0.369. The second-order valence-electron chi connectivity index (χ2n) is 5.31. The zero-order valence-corrected chi connectivity index (χ0v) is 16.4. The van der Waals surface area contributed by atoms with Crippen LogP contribution in [0.4, 0.5) is 16.2 Å². The molecule has 0 spiro atoms. The maximum Gasteiger partial charge on any atom is 0.409 e. The molecule has 3 rings (SSSR count). The fourth-order valence-electron chi connectivity index (χ4n) is 2.18. The number of aromatic nitrogens is 1. The molecule has 0 unspecified atom stereocenters. The molecular weight excluding hydrogens is 426 g/mol. The standard InChI is InChI=1S/C17H12ClN3O5S2/c18-16-19-8-13(28-16)9-26-11-3-6-15(14(7-11)21(24)25)27-12-4-1-10(2-5-12)20-17(22)23/h1-8,20H,9H2,(H,22,23). The molecule has 0 bridgehead atoms. The monoisotopic (exact) mass is 437 g/mol. The summed E-state index contributed by atoms with van der Waals surface area (Å²) in [6.45, 7) is 0.214. The summed E-state index contributed by atoms with van der Waals surface area (Å²) >= 11 is 8.24. The van der Waals surface area contributed by atoms with E-state index in [9.17, 15) is 14.9 Å². The van der Waals surface area contributed by atoms with Crippen LogP contribution in [0, 0.1) is 10.1 Å². The van der Waals surface area contributed by atoms with Crippen LogP contribution < -0.4 is 10.1 Å². The Morgan fingerprint density at radius 3 is 2.68 bits per heavy atom. The van der Waals surface area contributed by atoms with E-state index in [1.54, 1.807) is 42.6 Å². The zero-order valence-electron chi connectivity index (χ0n) is 14.0. The maximum atomic E-state index is 11.5. The van der Waals surface area contributed by atoms with Crippen LogP contribution in [0.2, 0.25) is 4.47 Å². The SMILES string of the molecule is O=C(O)Nc1ccc(Sc2ccc(OCc3cnc(Cl)s3)cc2[N+](=O)[O-])cc1. The summed E-state index contributed by atoms with van der Waals surface area (Å²) in [6, 6.07) is 11.2. The molecule has 0 saturated heterocycles. The minimum absolute atomic E-state index is 0.0856. The topological polar surface area (TPSA) is 115 Å². The van der Waals surface area contributed by atoms with Crippen molar-refractivity contribution in [1.82, 2.24) is 4.98 Å². The number of nitro benzene ring substituents is 1. The predicted molar refractivity (Wildman–Crippen MR) is 107 cm³/mol. The summed E-state index contributed by atoms with van der Waals surface area (Å²) in [6.07, 6.45) is 0.432. The van der Waals surface area contributed by atoms with Crippen LogP contribution in [0.25, 0.3) is 0 Å². The molecule has 0 fully saturated rings. The van der Waals surface area contributed by atoms with Gasteiger partial charge in [-0.1, -0.05) is 23.4 Å². The molecular formula is C17H12ClN3O5S2. The summed E-state index contributed by atoms with van der Waals surface area (Å²) in [5.41, 5.74) is 0.329. The lowest BCUT2D eigenvalue weighted by Gasteiger charge is -2.08. The van der Waals surface area contributed by atoms with Gasteiger partial charge in [0.05, 0.1) is 20.8 Å². The molecule has 0 saturated carbocycles. The van der Waals surface area contributed by atoms with Gasteiger partial charge in [0.1, 0.15) is 12.4 Å². The third-order valence-corrected chi connectivity index (χ3v) is 5.53. The second kappa shape index (κ2) is 8.91.